The second-order valence-electron chi connectivity index (χ2n) is 19.1. The maximum atomic E-state index is 13.6. The molecule has 4 atom stereocenters. The van der Waals surface area contributed by atoms with E-state index in [-0.39, 0.29) is 59.6 Å². The van der Waals surface area contributed by atoms with Crippen molar-refractivity contribution in [1.29, 1.82) is 0 Å². The maximum absolute atomic E-state index is 13.6. The van der Waals surface area contributed by atoms with Gasteiger partial charge in [-0.25, -0.2) is 16.8 Å². The van der Waals surface area contributed by atoms with E-state index < -0.39 is 44.3 Å². The summed E-state index contributed by atoms with van der Waals surface area (Å²) in [5, 5.41) is 28.7. The number of aliphatic hydroxyl groups excluding tert-OH is 2. The minimum absolute atomic E-state index is 0.0204. The zero-order chi connectivity index (χ0) is 54.0. The van der Waals surface area contributed by atoms with Crippen LogP contribution in [0, 0.1) is 25.7 Å². The number of hydrogen-bond donors (Lipinski definition) is 4. The van der Waals surface area contributed by atoms with E-state index in [0.29, 0.717) is 35.5 Å². The van der Waals surface area contributed by atoms with Crippen LogP contribution in [0.3, 0.4) is 0 Å². The van der Waals surface area contributed by atoms with E-state index in [1.54, 1.807) is 48.5 Å². The lowest BCUT2D eigenvalue weighted by molar-refractivity contribution is 0.0772. The number of aryl methyl sites for hydroxylation is 2. The standard InChI is InChI=1S/C30H38N2O5S.C28H34N2O5S/c1-21(2)19-32(38(35,36)26-16-14-25(37-5)15-17-26)20-28(33)27(18-24-12-7-6-8-13-24)31-30(34)29-22(3)10-9-11-23(29)4;1-21(2)19-30(36(33,34)25-16-14-24(35-3)15-17-25)20-27(31)26(18-22-10-6-4-7-11-22)29-28(32)23-12-8-5-9-13-23/h6-17,21,27-28,33H,18-20H2,1-5H3,(H,31,34);4-17,21,26-27,31H,18-20H2,1-3H3,(H,29,32)/t27-,28+;26-,27+/m00/s1. The highest BCUT2D eigenvalue weighted by Gasteiger charge is 2.33. The predicted octanol–water partition coefficient (Wildman–Crippen LogP) is 8.11. The molecule has 16 heteroatoms. The molecule has 6 aromatic carbocycles. The predicted molar refractivity (Wildman–Crippen MR) is 290 cm³/mol. The number of carbonyl (C=O) groups excluding carboxylic acids is 2. The van der Waals surface area contributed by atoms with Crippen molar-refractivity contribution in [3.05, 3.63) is 191 Å². The number of nitrogens with one attached hydrogen (secondary N) is 2. The summed E-state index contributed by atoms with van der Waals surface area (Å²) in [4.78, 5) is 26.5. The monoisotopic (exact) mass is 1050 g/mol. The minimum Gasteiger partial charge on any atom is -0.497 e. The molecule has 0 bridgehead atoms. The van der Waals surface area contributed by atoms with Crippen LogP contribution in [-0.2, 0) is 32.9 Å². The molecule has 0 saturated carbocycles. The summed E-state index contributed by atoms with van der Waals surface area (Å²) in [7, 11) is -4.78. The highest BCUT2D eigenvalue weighted by atomic mass is 32.2. The molecular formula is C58H72N4O10S2. The first-order chi connectivity index (χ1) is 35.2. The highest BCUT2D eigenvalue weighted by Crippen LogP contribution is 2.24. The van der Waals surface area contributed by atoms with Gasteiger partial charge in [0.25, 0.3) is 11.8 Å². The molecule has 4 N–H and O–H groups in total. The molecule has 6 aromatic rings. The summed E-state index contributed by atoms with van der Waals surface area (Å²) in [6.45, 7) is 11.5. The van der Waals surface area contributed by atoms with Gasteiger partial charge in [-0.3, -0.25) is 9.59 Å². The molecule has 14 nitrogen and oxygen atoms in total. The Morgan fingerprint density at radius 3 is 1.19 bits per heavy atom. The molecular weight excluding hydrogens is 977 g/mol. The first-order valence-electron chi connectivity index (χ1n) is 24.7. The van der Waals surface area contributed by atoms with Crippen LogP contribution in [0.15, 0.2) is 168 Å². The van der Waals surface area contributed by atoms with Gasteiger partial charge in [0, 0.05) is 37.3 Å². The molecule has 0 unspecified atom stereocenters. The lowest BCUT2D eigenvalue weighted by atomic mass is 9.98. The number of hydrogen-bond acceptors (Lipinski definition) is 10. The fraction of sp³-hybridized carbons (Fsp3) is 0.345. The molecule has 0 fully saturated rings. The van der Waals surface area contributed by atoms with E-state index in [1.807, 2.05) is 126 Å². The van der Waals surface area contributed by atoms with Gasteiger partial charge >= 0.3 is 0 Å². The van der Waals surface area contributed by atoms with Gasteiger partial charge < -0.3 is 30.3 Å². The fourth-order valence-electron chi connectivity index (χ4n) is 8.38. The van der Waals surface area contributed by atoms with E-state index >= 15 is 0 Å². The maximum Gasteiger partial charge on any atom is 0.252 e. The van der Waals surface area contributed by atoms with Crippen molar-refractivity contribution in [2.45, 2.75) is 88.5 Å². The Bertz CT molecular complexity index is 2890. The van der Waals surface area contributed by atoms with Gasteiger partial charge in [0.15, 0.2) is 0 Å². The van der Waals surface area contributed by atoms with Crippen LogP contribution in [0.25, 0.3) is 0 Å². The Balaban J connectivity index is 0.000000274. The Morgan fingerprint density at radius 2 is 0.838 bits per heavy atom. The molecule has 0 aliphatic rings. The van der Waals surface area contributed by atoms with Gasteiger partial charge in [-0.1, -0.05) is 125 Å². The number of amides is 2. The molecule has 0 radical (unpaired) electrons. The summed E-state index contributed by atoms with van der Waals surface area (Å²) < 4.78 is 67.1. The zero-order valence-corrected chi connectivity index (χ0v) is 45.2. The van der Waals surface area contributed by atoms with Gasteiger partial charge in [-0.05, 0) is 121 Å². The molecule has 0 aliphatic carbocycles. The van der Waals surface area contributed by atoms with Crippen LogP contribution in [-0.4, -0.2) is 112 Å². The first-order valence-corrected chi connectivity index (χ1v) is 27.6. The Labute approximate surface area is 438 Å². The molecule has 74 heavy (non-hydrogen) atoms. The molecule has 0 aliphatic heterocycles. The number of carbonyl (C=O) groups is 2. The van der Waals surface area contributed by atoms with Crippen molar-refractivity contribution < 1.29 is 46.1 Å². The van der Waals surface area contributed by atoms with E-state index in [9.17, 15) is 36.6 Å². The van der Waals surface area contributed by atoms with Crippen LogP contribution in [0.1, 0.15) is 70.7 Å². The number of sulfonamides is 2. The van der Waals surface area contributed by atoms with Crippen molar-refractivity contribution in [3.63, 3.8) is 0 Å². The largest absolute Gasteiger partial charge is 0.497 e. The quantitative estimate of drug-likeness (QED) is 0.0461. The molecule has 0 saturated heterocycles. The third-order valence-electron chi connectivity index (χ3n) is 12.2. The van der Waals surface area contributed by atoms with Crippen molar-refractivity contribution in [2.24, 2.45) is 11.8 Å². The topological polar surface area (TPSA) is 192 Å². The zero-order valence-electron chi connectivity index (χ0n) is 43.6. The average molecular weight is 1050 g/mol. The Kier molecular flexibility index (Phi) is 21.9. The summed E-state index contributed by atoms with van der Waals surface area (Å²) >= 11 is 0. The van der Waals surface area contributed by atoms with E-state index in [4.69, 9.17) is 9.47 Å². The van der Waals surface area contributed by atoms with Crippen LogP contribution >= 0.6 is 0 Å². The van der Waals surface area contributed by atoms with Gasteiger partial charge in [0.05, 0.1) is 48.3 Å². The molecule has 0 aromatic heterocycles. The molecule has 0 heterocycles. The summed E-state index contributed by atoms with van der Waals surface area (Å²) in [5.41, 5.74) is 4.53. The normalized spacial score (nSPS) is 13.4. The minimum atomic E-state index is -3.91. The molecule has 6 rings (SSSR count). The van der Waals surface area contributed by atoms with Crippen molar-refractivity contribution in [1.82, 2.24) is 19.2 Å². The number of nitrogens with zero attached hydrogens (tertiary/aromatic N) is 2. The van der Waals surface area contributed by atoms with E-state index in [0.717, 1.165) is 22.3 Å². The van der Waals surface area contributed by atoms with Crippen molar-refractivity contribution in [2.75, 3.05) is 40.4 Å². The van der Waals surface area contributed by atoms with Gasteiger partial charge in [0.1, 0.15) is 11.5 Å². The third kappa shape index (κ3) is 16.8. The summed E-state index contributed by atoms with van der Waals surface area (Å²) in [6.07, 6.45) is -1.62. The number of benzene rings is 6. The van der Waals surface area contributed by atoms with E-state index in [1.165, 1.54) is 47.1 Å². The Morgan fingerprint density at radius 1 is 0.486 bits per heavy atom. The smallest absolute Gasteiger partial charge is 0.252 e. The van der Waals surface area contributed by atoms with E-state index in [2.05, 4.69) is 10.6 Å². The van der Waals surface area contributed by atoms with Crippen molar-refractivity contribution >= 4 is 31.9 Å². The summed E-state index contributed by atoms with van der Waals surface area (Å²) in [6, 6.07) is 44.3. The lowest BCUT2D eigenvalue weighted by Gasteiger charge is -2.31. The van der Waals surface area contributed by atoms with Gasteiger partial charge in [0.2, 0.25) is 20.0 Å². The second kappa shape index (κ2) is 27.8. The van der Waals surface area contributed by atoms with Gasteiger partial charge in [-0.15, -0.1) is 0 Å². The number of ether oxygens (including phenoxy) is 2. The first kappa shape index (κ1) is 58.5. The molecule has 0 spiro atoms. The second-order valence-corrected chi connectivity index (χ2v) is 23.0. The van der Waals surface area contributed by atoms with Crippen LogP contribution < -0.4 is 20.1 Å². The number of aliphatic hydroxyl groups is 2. The average Bonchev–Trinajstić information content (AvgIpc) is 3.38. The fourth-order valence-corrected chi connectivity index (χ4v) is 11.6. The number of rotatable bonds is 24. The Hall–Kier alpha value is -6.40. The van der Waals surface area contributed by atoms with Gasteiger partial charge in [-0.2, -0.15) is 8.61 Å². The van der Waals surface area contributed by atoms with Crippen LogP contribution in [0.2, 0.25) is 0 Å². The SMILES string of the molecule is COc1ccc(S(=O)(=O)N(CC(C)C)C[C@@H](O)[C@H](Cc2ccccc2)NC(=O)c2c(C)cccc2C)cc1.COc1ccc(S(=O)(=O)N(CC(C)C)C[C@@H](O)[C@H](Cc2ccccc2)NC(=O)c2ccccc2)cc1. The third-order valence-corrected chi connectivity index (χ3v) is 15.9. The molecule has 2 amide bonds. The lowest BCUT2D eigenvalue weighted by Crippen LogP contribution is -2.51. The van der Waals surface area contributed by atoms with Crippen LogP contribution in [0.4, 0.5) is 0 Å². The van der Waals surface area contributed by atoms with Crippen LogP contribution in [0.5, 0.6) is 11.5 Å². The summed E-state index contributed by atoms with van der Waals surface area (Å²) in [5.74, 6) is 0.522. The number of methoxy groups -OCH3 is 2. The highest BCUT2D eigenvalue weighted by molar-refractivity contribution is 7.89. The molecule has 396 valence electrons. The van der Waals surface area contributed by atoms with Crippen molar-refractivity contribution in [3.8, 4) is 11.5 Å².